The second-order valence-electron chi connectivity index (χ2n) is 35.0. The summed E-state index contributed by atoms with van der Waals surface area (Å²) in [5.41, 5.74) is 25.8. The van der Waals surface area contributed by atoms with E-state index in [1.807, 2.05) is 187 Å². The number of hydrogen-bond acceptors (Lipinski definition) is 18. The largest absolute Gasteiger partial charge is 0.384 e. The van der Waals surface area contributed by atoms with Gasteiger partial charge >= 0.3 is 0 Å². The van der Waals surface area contributed by atoms with Gasteiger partial charge in [-0.2, -0.15) is 20.4 Å². The smallest absolute Gasteiger partial charge is 0.186 e. The van der Waals surface area contributed by atoms with Gasteiger partial charge in [0, 0.05) is 45.5 Å². The van der Waals surface area contributed by atoms with Crippen molar-refractivity contribution in [1.82, 2.24) is 59.1 Å². The molecule has 0 amide bonds. The Morgan fingerprint density at radius 3 is 1.13 bits per heavy atom. The molecule has 640 valence electrons. The summed E-state index contributed by atoms with van der Waals surface area (Å²) in [6.07, 6.45) is 5.03. The molecule has 0 spiro atoms. The number of nitrogen functional groups attached to an aromatic ring is 2. The van der Waals surface area contributed by atoms with E-state index in [-0.39, 0.29) is 49.6 Å². The molecule has 0 radical (unpaired) electrons. The van der Waals surface area contributed by atoms with Crippen molar-refractivity contribution in [3.05, 3.63) is 322 Å². The molecule has 8 heterocycles. The van der Waals surface area contributed by atoms with Gasteiger partial charge in [-0.05, 0) is 229 Å². The molecule has 0 aliphatic rings. The van der Waals surface area contributed by atoms with Gasteiger partial charge in [-0.3, -0.25) is 9.97 Å². The summed E-state index contributed by atoms with van der Waals surface area (Å²) in [6.45, 7) is 32.1. The lowest BCUT2D eigenvalue weighted by Gasteiger charge is -2.19. The maximum atomic E-state index is 14.8. The molecule has 8 aromatic heterocycles. The predicted molar refractivity (Wildman–Crippen MR) is 492 cm³/mol. The highest BCUT2D eigenvalue weighted by molar-refractivity contribution is 7.91. The van der Waals surface area contributed by atoms with Crippen molar-refractivity contribution in [2.45, 2.75) is 175 Å². The van der Waals surface area contributed by atoms with Gasteiger partial charge in [0.2, 0.25) is 0 Å². The molecule has 0 saturated heterocycles. The van der Waals surface area contributed by atoms with E-state index >= 15 is 0 Å². The molecule has 0 aliphatic heterocycles. The maximum absolute atomic E-state index is 14.8. The van der Waals surface area contributed by atoms with E-state index in [1.54, 1.807) is 111 Å². The van der Waals surface area contributed by atoms with Crippen LogP contribution < -0.4 is 11.5 Å². The van der Waals surface area contributed by atoms with E-state index in [0.717, 1.165) is 100 Å². The molecule has 28 heteroatoms. The Balaban J connectivity index is 0.000000142. The zero-order valence-corrected chi connectivity index (χ0v) is 76.1. The number of aryl methyl sites for hydroxylation is 4. The SMILES string of the molecule is Cc1cc(CS(=O)(=O)c2ccc(C(C)(C)C)cc2)n(-c2ccc(Cl)c3ncccc23)n1.Cc1cc(CS(=O)(=O)c2ccc(C(C)(C)C)cc2)n(-c2cccc3c(N)nccc23)n1.Cc1cc(CS(=O)(=O)c2ccc(C(C)(C)C)cc2)n(-c2cccc3nc(N)ccc23)n1.Cc1cc(CS(=O)(=O)c2ccc(C(C)(C)C)cc2F)n(-c2cccc3ncccc23)n1. The number of hydrogen-bond donors (Lipinski definition) is 2. The lowest BCUT2D eigenvalue weighted by molar-refractivity contribution is 0.548. The Morgan fingerprint density at radius 2 is 0.702 bits per heavy atom. The van der Waals surface area contributed by atoms with E-state index < -0.39 is 45.2 Å². The van der Waals surface area contributed by atoms with E-state index in [1.165, 1.54) is 12.1 Å². The van der Waals surface area contributed by atoms with Gasteiger partial charge in [-0.25, -0.2) is 66.8 Å². The highest BCUT2D eigenvalue weighted by Gasteiger charge is 2.30. The fourth-order valence-corrected chi connectivity index (χ4v) is 20.1. The number of anilines is 2. The monoisotopic (exact) mass is 1760 g/mol. The van der Waals surface area contributed by atoms with Gasteiger partial charge in [0.15, 0.2) is 39.3 Å². The average molecular weight is 1760 g/mol. The van der Waals surface area contributed by atoms with Crippen LogP contribution in [0.5, 0.6) is 0 Å². The molecular weight excluding hydrogens is 1660 g/mol. The molecule has 16 aromatic rings. The number of nitrogens with zero attached hydrogens (tertiary/aromatic N) is 12. The van der Waals surface area contributed by atoms with Crippen LogP contribution in [0.2, 0.25) is 5.02 Å². The highest BCUT2D eigenvalue weighted by Crippen LogP contribution is 2.36. The van der Waals surface area contributed by atoms with Crippen LogP contribution in [0.4, 0.5) is 16.0 Å². The number of sulfone groups is 4. The topological polar surface area (TPSA) is 311 Å². The van der Waals surface area contributed by atoms with Gasteiger partial charge in [0.25, 0.3) is 0 Å². The van der Waals surface area contributed by atoms with Crippen molar-refractivity contribution in [2.75, 3.05) is 11.5 Å². The molecule has 16 rings (SSSR count). The highest BCUT2D eigenvalue weighted by atomic mass is 35.5. The number of nitrogens with two attached hydrogens (primary N) is 2. The average Bonchev–Trinajstić information content (AvgIpc) is 1.59. The molecule has 0 fully saturated rings. The van der Waals surface area contributed by atoms with E-state index in [9.17, 15) is 38.1 Å². The van der Waals surface area contributed by atoms with Crippen molar-refractivity contribution in [2.24, 2.45) is 0 Å². The summed E-state index contributed by atoms with van der Waals surface area (Å²) in [6, 6.07) is 66.4. The fourth-order valence-electron chi connectivity index (χ4n) is 14.6. The van der Waals surface area contributed by atoms with Crippen molar-refractivity contribution in [3.8, 4) is 22.7 Å². The normalized spacial score (nSPS) is 12.4. The summed E-state index contributed by atoms with van der Waals surface area (Å²) in [5.74, 6) is -0.700. The number of aromatic nitrogens is 12. The number of halogens is 2. The number of rotatable bonds is 16. The van der Waals surface area contributed by atoms with Crippen molar-refractivity contribution in [1.29, 1.82) is 0 Å². The lowest BCUT2D eigenvalue weighted by atomic mass is 9.87. The molecule has 0 bridgehead atoms. The molecule has 0 unspecified atom stereocenters. The molecule has 22 nitrogen and oxygen atoms in total. The summed E-state index contributed by atoms with van der Waals surface area (Å²) in [5, 5.41) is 23.0. The Bertz CT molecular complexity index is 7030. The third-order valence-electron chi connectivity index (χ3n) is 21.1. The summed E-state index contributed by atoms with van der Waals surface area (Å²) in [4.78, 5) is 17.8. The van der Waals surface area contributed by atoms with Gasteiger partial charge in [-0.15, -0.1) is 0 Å². The first-order valence-corrected chi connectivity index (χ1v) is 47.1. The Kier molecular flexibility index (Phi) is 25.2. The number of benzene rings is 8. The molecule has 4 N–H and O–H groups in total. The Labute approximate surface area is 729 Å². The van der Waals surface area contributed by atoms with Crippen LogP contribution >= 0.6 is 11.6 Å². The predicted octanol–water partition coefficient (Wildman–Crippen LogP) is 20.0. The van der Waals surface area contributed by atoms with E-state index in [2.05, 4.69) is 103 Å². The van der Waals surface area contributed by atoms with Gasteiger partial charge in [0.1, 0.15) is 22.3 Å². The zero-order chi connectivity index (χ0) is 89.6. The van der Waals surface area contributed by atoms with Crippen LogP contribution in [0.3, 0.4) is 0 Å². The van der Waals surface area contributed by atoms with Gasteiger partial charge in [0.05, 0.1) is 128 Å². The third kappa shape index (κ3) is 20.0. The van der Waals surface area contributed by atoms with Crippen LogP contribution in [0.1, 0.15) is 151 Å². The minimum Gasteiger partial charge on any atom is -0.384 e. The number of pyridine rings is 4. The molecule has 0 saturated carbocycles. The van der Waals surface area contributed by atoms with Gasteiger partial charge < -0.3 is 11.5 Å². The van der Waals surface area contributed by atoms with Crippen molar-refractivity contribution < 1.29 is 38.1 Å². The van der Waals surface area contributed by atoms with Crippen molar-refractivity contribution >= 4 is 106 Å². The Morgan fingerprint density at radius 1 is 0.339 bits per heavy atom. The van der Waals surface area contributed by atoms with Crippen LogP contribution in [-0.4, -0.2) is 92.7 Å². The minimum atomic E-state index is -3.93. The minimum absolute atomic E-state index is 0.0379. The summed E-state index contributed by atoms with van der Waals surface area (Å²) >= 11 is 6.30. The first-order chi connectivity index (χ1) is 58.2. The van der Waals surface area contributed by atoms with Crippen LogP contribution in [0.15, 0.2) is 263 Å². The summed E-state index contributed by atoms with van der Waals surface area (Å²) in [7, 11) is -14.6. The molecule has 0 atom stereocenters. The molecular formula is C96H100ClFN14O8S4. The zero-order valence-electron chi connectivity index (χ0n) is 72.1. The maximum Gasteiger partial charge on any atom is 0.186 e. The molecule has 0 aliphatic carbocycles. The Hall–Kier alpha value is -12.1. The van der Waals surface area contributed by atoms with E-state index in [4.69, 9.17) is 23.1 Å². The number of fused-ring (bicyclic) bond motifs is 4. The first kappa shape index (κ1) is 89.6. The second kappa shape index (κ2) is 34.9. The quantitative estimate of drug-likeness (QED) is 0.0908. The van der Waals surface area contributed by atoms with Crippen LogP contribution in [0.25, 0.3) is 66.2 Å². The molecule has 124 heavy (non-hydrogen) atoms. The van der Waals surface area contributed by atoms with Crippen LogP contribution in [0, 0.1) is 33.5 Å². The van der Waals surface area contributed by atoms with Crippen molar-refractivity contribution in [3.63, 3.8) is 0 Å². The van der Waals surface area contributed by atoms with E-state index in [0.29, 0.717) is 65.3 Å². The van der Waals surface area contributed by atoms with Crippen LogP contribution in [-0.2, 0) is 84.0 Å². The lowest BCUT2D eigenvalue weighted by Crippen LogP contribution is -2.15. The molecule has 8 aromatic carbocycles. The third-order valence-corrected chi connectivity index (χ3v) is 28.1. The second-order valence-corrected chi connectivity index (χ2v) is 43.3. The first-order valence-electron chi connectivity index (χ1n) is 40.1. The van der Waals surface area contributed by atoms with Gasteiger partial charge in [-0.1, -0.05) is 161 Å². The fraction of sp³-hybridized carbons (Fsp3) is 0.250. The standard InChI is InChI=1S/C24H24ClN3O2S.C24H24FN3O2S.2C24H26N4O2S/c1-16-14-18(15-31(29,30)19-9-7-17(8-10-19)24(2,3)4)28(27-16)22-12-11-21(25)23-20(22)6-5-13-26-23;1-16-13-18(28(27-16)22-9-5-8-21-19(22)7-6-12-26-21)15-31(29,30)23-11-10-17(14-20(23)25)24(2,3)4;1-16-14-18(15-31(29,30)19-10-8-17(9-11-19)24(2,3)4)28(27-16)22-7-5-6-21-20(22)12-13-26-23(21)25;1-16-14-18(15-31(29,30)19-10-8-17(9-11-19)24(2,3)4)28(27-16)22-7-5-6-21-20(22)12-13-23(25)26-21/h2*5-14H,15H2,1-4H3;2*5-14H,15H2,1-4H3,(H2,25,26). The summed E-state index contributed by atoms with van der Waals surface area (Å²) < 4.78 is 127.